The Labute approximate surface area is 113 Å². The minimum absolute atomic E-state index is 0.0259. The molecule has 1 aliphatic heterocycles. The van der Waals surface area contributed by atoms with Crippen LogP contribution >= 0.6 is 11.6 Å². The van der Waals surface area contributed by atoms with Gasteiger partial charge in [0.25, 0.3) is 0 Å². The zero-order valence-corrected chi connectivity index (χ0v) is 11.7. The first kappa shape index (κ1) is 13.6. The van der Waals surface area contributed by atoms with Crippen LogP contribution in [-0.4, -0.2) is 18.2 Å². The van der Waals surface area contributed by atoms with Crippen molar-refractivity contribution in [2.45, 2.75) is 45.0 Å². The third-order valence-corrected chi connectivity index (χ3v) is 3.40. The Kier molecular flexibility index (Phi) is 4.12. The number of ether oxygens (including phenoxy) is 1. The normalized spacial score (nSPS) is 27.8. The lowest BCUT2D eigenvalue weighted by atomic mass is 9.98. The van der Waals surface area contributed by atoms with Crippen LogP contribution < -0.4 is 21.3 Å². The molecule has 2 rings (SSSR count). The largest absolute Gasteiger partial charge is 0.489 e. The van der Waals surface area contributed by atoms with E-state index in [0.29, 0.717) is 10.8 Å². The van der Waals surface area contributed by atoms with Crippen molar-refractivity contribution in [2.24, 2.45) is 5.73 Å². The number of benzene rings is 1. The maximum atomic E-state index is 6.22. The standard InChI is InChI=1S/C13H20ClN3O/c1-7(2)18-11-5-4-9(6-10(11)14)13-12(15)8(3)16-17-13/h4-8,12-13,16-17H,15H2,1-3H3. The smallest absolute Gasteiger partial charge is 0.138 e. The van der Waals surface area contributed by atoms with E-state index >= 15 is 0 Å². The Balaban J connectivity index is 2.18. The molecule has 1 aliphatic rings. The molecule has 3 atom stereocenters. The molecule has 1 aromatic carbocycles. The van der Waals surface area contributed by atoms with E-state index in [4.69, 9.17) is 22.1 Å². The summed E-state index contributed by atoms with van der Waals surface area (Å²) in [5.74, 6) is 0.711. The van der Waals surface area contributed by atoms with Crippen molar-refractivity contribution >= 4 is 11.6 Å². The van der Waals surface area contributed by atoms with E-state index < -0.39 is 0 Å². The molecule has 0 aliphatic carbocycles. The molecule has 3 unspecified atom stereocenters. The second-order valence-electron chi connectivity index (χ2n) is 4.99. The highest BCUT2D eigenvalue weighted by Gasteiger charge is 2.31. The van der Waals surface area contributed by atoms with Gasteiger partial charge in [-0.1, -0.05) is 17.7 Å². The Morgan fingerprint density at radius 3 is 2.56 bits per heavy atom. The molecule has 0 radical (unpaired) electrons. The molecule has 4 nitrogen and oxygen atoms in total. The lowest BCUT2D eigenvalue weighted by molar-refractivity contribution is 0.242. The highest BCUT2D eigenvalue weighted by atomic mass is 35.5. The Hall–Kier alpha value is -0.810. The van der Waals surface area contributed by atoms with Crippen LogP contribution in [0.1, 0.15) is 32.4 Å². The van der Waals surface area contributed by atoms with E-state index in [0.717, 1.165) is 5.56 Å². The fourth-order valence-corrected chi connectivity index (χ4v) is 2.30. The molecule has 4 N–H and O–H groups in total. The number of rotatable bonds is 3. The highest BCUT2D eigenvalue weighted by Crippen LogP contribution is 2.30. The van der Waals surface area contributed by atoms with Crippen LogP contribution in [0.2, 0.25) is 5.02 Å². The molecular weight excluding hydrogens is 250 g/mol. The number of nitrogens with one attached hydrogen (secondary N) is 2. The third-order valence-electron chi connectivity index (χ3n) is 3.11. The molecule has 0 spiro atoms. The SMILES string of the molecule is CC(C)Oc1ccc(C2NNC(C)C2N)cc1Cl. The molecule has 1 fully saturated rings. The predicted octanol–water partition coefficient (Wildman–Crippen LogP) is 1.99. The van der Waals surface area contributed by atoms with Crippen molar-refractivity contribution in [2.75, 3.05) is 0 Å². The van der Waals surface area contributed by atoms with Crippen molar-refractivity contribution in [1.29, 1.82) is 0 Å². The summed E-state index contributed by atoms with van der Waals surface area (Å²) in [7, 11) is 0. The van der Waals surface area contributed by atoms with Crippen LogP contribution in [0.15, 0.2) is 18.2 Å². The summed E-state index contributed by atoms with van der Waals surface area (Å²) >= 11 is 6.22. The van der Waals surface area contributed by atoms with E-state index in [1.54, 1.807) is 0 Å². The van der Waals surface area contributed by atoms with Gasteiger partial charge in [-0.3, -0.25) is 5.43 Å². The predicted molar refractivity (Wildman–Crippen MR) is 73.7 cm³/mol. The third kappa shape index (κ3) is 2.78. The van der Waals surface area contributed by atoms with Gasteiger partial charge in [0.2, 0.25) is 0 Å². The van der Waals surface area contributed by atoms with Gasteiger partial charge in [0.1, 0.15) is 5.75 Å². The van der Waals surface area contributed by atoms with Crippen molar-refractivity contribution in [3.05, 3.63) is 28.8 Å². The number of hydrogen-bond donors (Lipinski definition) is 3. The Morgan fingerprint density at radius 2 is 2.06 bits per heavy atom. The van der Waals surface area contributed by atoms with Crippen molar-refractivity contribution in [3.63, 3.8) is 0 Å². The van der Waals surface area contributed by atoms with E-state index in [-0.39, 0.29) is 24.2 Å². The molecular formula is C13H20ClN3O. The molecule has 18 heavy (non-hydrogen) atoms. The summed E-state index contributed by atoms with van der Waals surface area (Å²) in [6, 6.07) is 6.15. The zero-order chi connectivity index (χ0) is 13.3. The zero-order valence-electron chi connectivity index (χ0n) is 10.9. The fourth-order valence-electron chi connectivity index (χ4n) is 2.07. The van der Waals surface area contributed by atoms with E-state index in [2.05, 4.69) is 17.8 Å². The number of hydrogen-bond acceptors (Lipinski definition) is 4. The minimum Gasteiger partial charge on any atom is -0.489 e. The van der Waals surface area contributed by atoms with Crippen LogP contribution in [0.4, 0.5) is 0 Å². The van der Waals surface area contributed by atoms with Gasteiger partial charge >= 0.3 is 0 Å². The second-order valence-corrected chi connectivity index (χ2v) is 5.40. The Morgan fingerprint density at radius 1 is 1.33 bits per heavy atom. The molecule has 0 aromatic heterocycles. The van der Waals surface area contributed by atoms with Gasteiger partial charge in [-0.25, -0.2) is 5.43 Å². The summed E-state index contributed by atoms with van der Waals surface area (Å²) < 4.78 is 5.61. The topological polar surface area (TPSA) is 59.3 Å². The Bertz CT molecular complexity index is 425. The molecule has 0 bridgehead atoms. The van der Waals surface area contributed by atoms with Gasteiger partial charge in [-0.2, -0.15) is 0 Å². The molecule has 1 saturated heterocycles. The summed E-state index contributed by atoms with van der Waals surface area (Å²) in [4.78, 5) is 0. The molecule has 5 heteroatoms. The first-order valence-electron chi connectivity index (χ1n) is 6.21. The van der Waals surface area contributed by atoms with E-state index in [1.165, 1.54) is 0 Å². The molecule has 1 heterocycles. The average Bonchev–Trinajstić information content (AvgIpc) is 2.62. The van der Waals surface area contributed by atoms with Crippen LogP contribution in [0.5, 0.6) is 5.75 Å². The lowest BCUT2D eigenvalue weighted by Crippen LogP contribution is -2.35. The first-order chi connectivity index (χ1) is 8.49. The maximum absolute atomic E-state index is 6.22. The van der Waals surface area contributed by atoms with Gasteiger partial charge in [-0.15, -0.1) is 0 Å². The summed E-state index contributed by atoms with van der Waals surface area (Å²) in [6.07, 6.45) is 0.113. The van der Waals surface area contributed by atoms with Gasteiger partial charge in [-0.05, 0) is 38.5 Å². The highest BCUT2D eigenvalue weighted by molar-refractivity contribution is 6.32. The maximum Gasteiger partial charge on any atom is 0.138 e. The van der Waals surface area contributed by atoms with Crippen LogP contribution in [-0.2, 0) is 0 Å². The summed E-state index contributed by atoms with van der Waals surface area (Å²) in [5.41, 5.74) is 13.5. The van der Waals surface area contributed by atoms with Gasteiger partial charge in [0, 0.05) is 12.1 Å². The average molecular weight is 270 g/mol. The number of halogens is 1. The number of nitrogens with two attached hydrogens (primary N) is 1. The van der Waals surface area contributed by atoms with Crippen LogP contribution in [0.3, 0.4) is 0 Å². The minimum atomic E-state index is 0.0259. The first-order valence-corrected chi connectivity index (χ1v) is 6.59. The molecule has 1 aromatic rings. The lowest BCUT2D eigenvalue weighted by Gasteiger charge is -2.18. The molecule has 0 saturated carbocycles. The van der Waals surface area contributed by atoms with E-state index in [1.807, 2.05) is 32.0 Å². The number of hydrazine groups is 1. The summed E-state index contributed by atoms with van der Waals surface area (Å²) in [5, 5.41) is 0.620. The molecule has 100 valence electrons. The van der Waals surface area contributed by atoms with Crippen molar-refractivity contribution in [3.8, 4) is 5.75 Å². The van der Waals surface area contributed by atoms with Crippen LogP contribution in [0, 0.1) is 0 Å². The van der Waals surface area contributed by atoms with Gasteiger partial charge in [0.05, 0.1) is 17.2 Å². The second kappa shape index (κ2) is 5.45. The van der Waals surface area contributed by atoms with Gasteiger partial charge < -0.3 is 10.5 Å². The van der Waals surface area contributed by atoms with E-state index in [9.17, 15) is 0 Å². The van der Waals surface area contributed by atoms with Crippen LogP contribution in [0.25, 0.3) is 0 Å². The fraction of sp³-hybridized carbons (Fsp3) is 0.538. The monoisotopic (exact) mass is 269 g/mol. The van der Waals surface area contributed by atoms with Gasteiger partial charge in [0.15, 0.2) is 0 Å². The molecule has 0 amide bonds. The van der Waals surface area contributed by atoms with Crippen molar-refractivity contribution < 1.29 is 4.74 Å². The van der Waals surface area contributed by atoms with Crippen molar-refractivity contribution in [1.82, 2.24) is 10.9 Å². The summed E-state index contributed by atoms with van der Waals surface area (Å²) in [6.45, 7) is 6.00. The quantitative estimate of drug-likeness (QED) is 0.786.